The highest BCUT2D eigenvalue weighted by Gasteiger charge is 2.08. The first-order chi connectivity index (χ1) is 8.09. The average Bonchev–Trinajstić information content (AvgIpc) is 2.58. The number of H-pyrrole nitrogens is 1. The second-order valence-electron chi connectivity index (χ2n) is 5.13. The number of nitrogens with one attached hydrogen (secondary N) is 1. The van der Waals surface area contributed by atoms with Crippen molar-refractivity contribution in [2.45, 2.75) is 26.7 Å². The van der Waals surface area contributed by atoms with E-state index in [1.165, 1.54) is 34.1 Å². The molecule has 0 amide bonds. The number of aromatic nitrogens is 1. The Morgan fingerprint density at radius 1 is 1.18 bits per heavy atom. The lowest BCUT2D eigenvalue weighted by Crippen LogP contribution is -2.13. The van der Waals surface area contributed by atoms with Gasteiger partial charge in [0.25, 0.3) is 0 Å². The van der Waals surface area contributed by atoms with Gasteiger partial charge in [-0.2, -0.15) is 0 Å². The van der Waals surface area contributed by atoms with Crippen molar-refractivity contribution < 1.29 is 0 Å². The highest BCUT2D eigenvalue weighted by Crippen LogP contribution is 2.24. The molecule has 0 saturated heterocycles. The van der Waals surface area contributed by atoms with Crippen LogP contribution in [0.3, 0.4) is 0 Å². The number of aryl methyl sites for hydroxylation is 3. The second-order valence-corrected chi connectivity index (χ2v) is 5.13. The highest BCUT2D eigenvalue weighted by atomic mass is 15.0. The lowest BCUT2D eigenvalue weighted by molar-refractivity contribution is 0.399. The minimum atomic E-state index is 1.14. The van der Waals surface area contributed by atoms with Gasteiger partial charge in [-0.05, 0) is 58.5 Å². The topological polar surface area (TPSA) is 19.0 Å². The molecule has 1 aromatic heterocycles. The van der Waals surface area contributed by atoms with Crippen LogP contribution in [0.15, 0.2) is 18.2 Å². The number of rotatable bonds is 4. The summed E-state index contributed by atoms with van der Waals surface area (Å²) >= 11 is 0. The zero-order chi connectivity index (χ0) is 12.4. The molecule has 0 radical (unpaired) electrons. The van der Waals surface area contributed by atoms with E-state index in [-0.39, 0.29) is 0 Å². The van der Waals surface area contributed by atoms with Gasteiger partial charge in [0.1, 0.15) is 0 Å². The van der Waals surface area contributed by atoms with E-state index in [1.54, 1.807) is 0 Å². The van der Waals surface area contributed by atoms with Gasteiger partial charge in [-0.15, -0.1) is 0 Å². The van der Waals surface area contributed by atoms with Crippen LogP contribution in [0.4, 0.5) is 0 Å². The van der Waals surface area contributed by atoms with Crippen LogP contribution < -0.4 is 0 Å². The number of benzene rings is 1. The van der Waals surface area contributed by atoms with Crippen molar-refractivity contribution in [1.82, 2.24) is 9.88 Å². The van der Waals surface area contributed by atoms with Crippen molar-refractivity contribution in [1.29, 1.82) is 0 Å². The molecule has 17 heavy (non-hydrogen) atoms. The zero-order valence-electron chi connectivity index (χ0n) is 11.3. The molecule has 1 N–H and O–H groups in total. The van der Waals surface area contributed by atoms with Crippen molar-refractivity contribution >= 4 is 10.9 Å². The predicted octanol–water partition coefficient (Wildman–Crippen LogP) is 3.28. The summed E-state index contributed by atoms with van der Waals surface area (Å²) in [5, 5.41) is 1.38. The van der Waals surface area contributed by atoms with E-state index in [0.717, 1.165) is 13.0 Å². The first-order valence-corrected chi connectivity index (χ1v) is 6.31. The van der Waals surface area contributed by atoms with Crippen LogP contribution in [0, 0.1) is 13.8 Å². The van der Waals surface area contributed by atoms with E-state index >= 15 is 0 Å². The smallest absolute Gasteiger partial charge is 0.0488 e. The van der Waals surface area contributed by atoms with Crippen molar-refractivity contribution in [2.24, 2.45) is 0 Å². The summed E-state index contributed by atoms with van der Waals surface area (Å²) in [7, 11) is 4.25. The maximum atomic E-state index is 3.59. The standard InChI is InChI=1S/C15H22N2/c1-11-7-5-8-13-12(2)14(16-15(11)13)9-6-10-17(3)4/h5,7-8,16H,6,9-10H2,1-4H3. The monoisotopic (exact) mass is 230 g/mol. The average molecular weight is 230 g/mol. The van der Waals surface area contributed by atoms with E-state index in [4.69, 9.17) is 0 Å². The maximum absolute atomic E-state index is 3.59. The third-order valence-electron chi connectivity index (χ3n) is 3.44. The SMILES string of the molecule is Cc1c(CCCN(C)C)[nH]c2c(C)cccc12. The Hall–Kier alpha value is -1.28. The molecule has 2 heteroatoms. The summed E-state index contributed by atoms with van der Waals surface area (Å²) in [5.74, 6) is 0. The molecule has 2 aromatic rings. The van der Waals surface area contributed by atoms with Crippen molar-refractivity contribution in [3.05, 3.63) is 35.0 Å². The van der Waals surface area contributed by atoms with Gasteiger partial charge >= 0.3 is 0 Å². The number of aromatic amines is 1. The fourth-order valence-corrected chi connectivity index (χ4v) is 2.38. The lowest BCUT2D eigenvalue weighted by atomic mass is 10.1. The summed E-state index contributed by atoms with van der Waals surface area (Å²) in [6.45, 7) is 5.54. The normalized spacial score (nSPS) is 11.6. The molecule has 0 aliphatic heterocycles. The molecule has 0 bridgehead atoms. The molecule has 0 spiro atoms. The van der Waals surface area contributed by atoms with Gasteiger partial charge in [-0.25, -0.2) is 0 Å². The Bertz CT molecular complexity index is 509. The van der Waals surface area contributed by atoms with Gasteiger partial charge in [0.2, 0.25) is 0 Å². The highest BCUT2D eigenvalue weighted by molar-refractivity contribution is 5.86. The Morgan fingerprint density at radius 2 is 1.94 bits per heavy atom. The number of hydrogen-bond donors (Lipinski definition) is 1. The molecule has 1 heterocycles. The fraction of sp³-hybridized carbons (Fsp3) is 0.467. The van der Waals surface area contributed by atoms with Gasteiger partial charge < -0.3 is 9.88 Å². The summed E-state index contributed by atoms with van der Waals surface area (Å²) in [6.07, 6.45) is 2.35. The molecule has 0 aliphatic carbocycles. The summed E-state index contributed by atoms with van der Waals surface area (Å²) < 4.78 is 0. The molecule has 0 saturated carbocycles. The quantitative estimate of drug-likeness (QED) is 0.854. The molecule has 2 rings (SSSR count). The molecular weight excluding hydrogens is 208 g/mol. The van der Waals surface area contributed by atoms with Gasteiger partial charge in [0, 0.05) is 16.6 Å². The molecular formula is C15H22N2. The third kappa shape index (κ3) is 2.52. The van der Waals surface area contributed by atoms with Crippen molar-refractivity contribution in [2.75, 3.05) is 20.6 Å². The van der Waals surface area contributed by atoms with E-state index < -0.39 is 0 Å². The van der Waals surface area contributed by atoms with E-state index in [1.807, 2.05) is 0 Å². The lowest BCUT2D eigenvalue weighted by Gasteiger charge is -2.08. The Labute approximate surface area is 104 Å². The zero-order valence-corrected chi connectivity index (χ0v) is 11.3. The number of fused-ring (bicyclic) bond motifs is 1. The summed E-state index contributed by atoms with van der Waals surface area (Å²) in [6, 6.07) is 6.52. The first-order valence-electron chi connectivity index (χ1n) is 6.31. The molecule has 0 atom stereocenters. The summed E-state index contributed by atoms with van der Waals surface area (Å²) in [4.78, 5) is 5.83. The molecule has 92 valence electrons. The second kappa shape index (κ2) is 4.92. The van der Waals surface area contributed by atoms with E-state index in [0.29, 0.717) is 0 Å². The van der Waals surface area contributed by atoms with Crippen LogP contribution in [-0.2, 0) is 6.42 Å². The number of hydrogen-bond acceptors (Lipinski definition) is 1. The number of para-hydroxylation sites is 1. The summed E-state index contributed by atoms with van der Waals surface area (Å²) in [5.41, 5.74) is 5.47. The van der Waals surface area contributed by atoms with Crippen LogP contribution in [0.1, 0.15) is 23.2 Å². The van der Waals surface area contributed by atoms with E-state index in [9.17, 15) is 0 Å². The molecule has 0 fully saturated rings. The van der Waals surface area contributed by atoms with Gasteiger partial charge in [-0.1, -0.05) is 18.2 Å². The Morgan fingerprint density at radius 3 is 2.59 bits per heavy atom. The predicted molar refractivity (Wildman–Crippen MR) is 74.6 cm³/mol. The van der Waals surface area contributed by atoms with Crippen molar-refractivity contribution in [3.8, 4) is 0 Å². The van der Waals surface area contributed by atoms with Gasteiger partial charge in [0.05, 0.1) is 0 Å². The van der Waals surface area contributed by atoms with Crippen LogP contribution in [0.2, 0.25) is 0 Å². The van der Waals surface area contributed by atoms with Gasteiger partial charge in [0.15, 0.2) is 0 Å². The van der Waals surface area contributed by atoms with Crippen LogP contribution in [0.25, 0.3) is 10.9 Å². The minimum Gasteiger partial charge on any atom is -0.358 e. The van der Waals surface area contributed by atoms with E-state index in [2.05, 4.69) is 56.0 Å². The molecule has 1 aromatic carbocycles. The van der Waals surface area contributed by atoms with Crippen LogP contribution in [-0.4, -0.2) is 30.5 Å². The van der Waals surface area contributed by atoms with Crippen LogP contribution in [0.5, 0.6) is 0 Å². The Balaban J connectivity index is 2.23. The Kier molecular flexibility index (Phi) is 3.53. The molecule has 0 aliphatic rings. The first kappa shape index (κ1) is 12.2. The maximum Gasteiger partial charge on any atom is 0.0488 e. The minimum absolute atomic E-state index is 1.14. The van der Waals surface area contributed by atoms with Crippen LogP contribution >= 0.6 is 0 Å². The van der Waals surface area contributed by atoms with Crippen molar-refractivity contribution in [3.63, 3.8) is 0 Å². The third-order valence-corrected chi connectivity index (χ3v) is 3.44. The molecule has 2 nitrogen and oxygen atoms in total. The molecule has 0 unspecified atom stereocenters. The number of nitrogens with zero attached hydrogens (tertiary/aromatic N) is 1. The van der Waals surface area contributed by atoms with Gasteiger partial charge in [-0.3, -0.25) is 0 Å². The largest absolute Gasteiger partial charge is 0.358 e. The fourth-order valence-electron chi connectivity index (χ4n) is 2.38.